The highest BCUT2D eigenvalue weighted by Gasteiger charge is 2.17. The van der Waals surface area contributed by atoms with E-state index in [4.69, 9.17) is 9.97 Å². The van der Waals surface area contributed by atoms with Crippen molar-refractivity contribution in [1.29, 1.82) is 0 Å². The second-order valence-corrected chi connectivity index (χ2v) is 13.8. The van der Waals surface area contributed by atoms with Crippen LogP contribution in [0.25, 0.3) is 77.3 Å². The average Bonchev–Trinajstić information content (AvgIpc) is 3.27. The van der Waals surface area contributed by atoms with Crippen molar-refractivity contribution in [3.05, 3.63) is 212 Å². The molecule has 0 amide bonds. The molecule has 0 aliphatic heterocycles. The molecule has 3 heteroatoms. The van der Waals surface area contributed by atoms with Gasteiger partial charge in [0.1, 0.15) is 0 Å². The zero-order valence-corrected chi connectivity index (χ0v) is 30.0. The van der Waals surface area contributed by atoms with Gasteiger partial charge in [-0.15, -0.1) is 0 Å². The molecule has 10 aromatic rings. The lowest BCUT2D eigenvalue weighted by atomic mass is 9.99. The fraction of sp³-hybridized carbons (Fsp3) is 0. The van der Waals surface area contributed by atoms with Crippen LogP contribution in [-0.2, 0) is 0 Å². The number of fused-ring (bicyclic) bond motifs is 4. The molecule has 0 spiro atoms. The van der Waals surface area contributed by atoms with E-state index in [2.05, 4.69) is 205 Å². The standard InChI is InChI=1S/C52H35N3/c1-4-12-36(13-5-1)38-20-27-45(28-21-38)55(47-31-24-37-14-10-11-19-42(37)35-47)46-29-22-39(23-30-46)43-25-32-48-44(34-43)26-33-49-52(48)54-51(41-17-8-3-9-18-41)50(53-49)40-15-6-2-7-16-40/h1-35H. The third-order valence-electron chi connectivity index (χ3n) is 10.4. The fourth-order valence-electron chi connectivity index (χ4n) is 7.62. The second kappa shape index (κ2) is 13.9. The molecule has 3 nitrogen and oxygen atoms in total. The van der Waals surface area contributed by atoms with Gasteiger partial charge in [-0.1, -0.05) is 164 Å². The molecule has 10 rings (SSSR count). The van der Waals surface area contributed by atoms with Gasteiger partial charge in [-0.2, -0.15) is 0 Å². The quantitative estimate of drug-likeness (QED) is 0.155. The largest absolute Gasteiger partial charge is 0.310 e. The third kappa shape index (κ3) is 6.18. The van der Waals surface area contributed by atoms with Crippen molar-refractivity contribution in [1.82, 2.24) is 9.97 Å². The van der Waals surface area contributed by atoms with Crippen molar-refractivity contribution in [3.63, 3.8) is 0 Å². The molecule has 0 fully saturated rings. The van der Waals surface area contributed by atoms with Crippen LogP contribution in [0.4, 0.5) is 17.1 Å². The highest BCUT2D eigenvalue weighted by molar-refractivity contribution is 6.06. The summed E-state index contributed by atoms with van der Waals surface area (Å²) in [4.78, 5) is 12.9. The van der Waals surface area contributed by atoms with Gasteiger partial charge in [0.25, 0.3) is 0 Å². The maximum Gasteiger partial charge on any atom is 0.0973 e. The van der Waals surface area contributed by atoms with Crippen molar-refractivity contribution in [2.24, 2.45) is 0 Å². The number of hydrogen-bond donors (Lipinski definition) is 0. The SMILES string of the molecule is c1ccc(-c2ccc(N(c3ccc(-c4ccc5c(ccc6nc(-c7ccccc7)c(-c7ccccc7)nc65)c4)cc3)c3ccc4ccccc4c3)cc2)cc1. The van der Waals surface area contributed by atoms with Crippen LogP contribution in [0.5, 0.6) is 0 Å². The van der Waals surface area contributed by atoms with Crippen LogP contribution in [0.1, 0.15) is 0 Å². The number of hydrogen-bond acceptors (Lipinski definition) is 3. The average molecular weight is 702 g/mol. The lowest BCUT2D eigenvalue weighted by Crippen LogP contribution is -2.09. The van der Waals surface area contributed by atoms with Gasteiger partial charge in [-0.3, -0.25) is 0 Å². The van der Waals surface area contributed by atoms with Crippen molar-refractivity contribution < 1.29 is 0 Å². The first-order valence-corrected chi connectivity index (χ1v) is 18.7. The number of benzene rings is 9. The van der Waals surface area contributed by atoms with E-state index in [-0.39, 0.29) is 0 Å². The second-order valence-electron chi connectivity index (χ2n) is 13.8. The molecule has 0 N–H and O–H groups in total. The van der Waals surface area contributed by atoms with E-state index >= 15 is 0 Å². The molecule has 0 atom stereocenters. The van der Waals surface area contributed by atoms with Crippen molar-refractivity contribution in [3.8, 4) is 44.8 Å². The Labute approximate surface area is 320 Å². The molecular weight excluding hydrogens is 667 g/mol. The van der Waals surface area contributed by atoms with Gasteiger partial charge in [0.05, 0.1) is 22.4 Å². The van der Waals surface area contributed by atoms with Crippen molar-refractivity contribution >= 4 is 49.6 Å². The summed E-state index contributed by atoms with van der Waals surface area (Å²) in [7, 11) is 0. The molecular formula is C52H35N3. The normalized spacial score (nSPS) is 11.3. The molecule has 0 saturated heterocycles. The van der Waals surface area contributed by atoms with E-state index in [1.54, 1.807) is 0 Å². The van der Waals surface area contributed by atoms with E-state index in [9.17, 15) is 0 Å². The lowest BCUT2D eigenvalue weighted by Gasteiger charge is -2.26. The molecule has 1 heterocycles. The summed E-state index contributed by atoms with van der Waals surface area (Å²) in [6, 6.07) is 75.1. The highest BCUT2D eigenvalue weighted by Crippen LogP contribution is 2.39. The number of nitrogens with zero attached hydrogens (tertiary/aromatic N) is 3. The summed E-state index contributed by atoms with van der Waals surface area (Å²) < 4.78 is 0. The Balaban J connectivity index is 1.03. The van der Waals surface area contributed by atoms with E-state index in [1.807, 2.05) is 12.1 Å². The van der Waals surface area contributed by atoms with E-state index < -0.39 is 0 Å². The Morgan fingerprint density at radius 1 is 0.291 bits per heavy atom. The van der Waals surface area contributed by atoms with Gasteiger partial charge in [-0.25, -0.2) is 9.97 Å². The molecule has 0 aliphatic rings. The van der Waals surface area contributed by atoms with Crippen LogP contribution in [0, 0.1) is 0 Å². The molecule has 0 aliphatic carbocycles. The lowest BCUT2D eigenvalue weighted by molar-refractivity contribution is 1.29. The topological polar surface area (TPSA) is 29.0 Å². The number of rotatable bonds is 7. The Morgan fingerprint density at radius 2 is 0.764 bits per heavy atom. The fourth-order valence-corrected chi connectivity index (χ4v) is 7.62. The van der Waals surface area contributed by atoms with Gasteiger partial charge < -0.3 is 4.90 Å². The van der Waals surface area contributed by atoms with Crippen LogP contribution in [0.15, 0.2) is 212 Å². The van der Waals surface area contributed by atoms with Crippen LogP contribution in [0.3, 0.4) is 0 Å². The minimum absolute atomic E-state index is 0.883. The van der Waals surface area contributed by atoms with Crippen molar-refractivity contribution in [2.45, 2.75) is 0 Å². The molecule has 0 radical (unpaired) electrons. The summed E-state index contributed by atoms with van der Waals surface area (Å²) >= 11 is 0. The molecule has 0 bridgehead atoms. The summed E-state index contributed by atoms with van der Waals surface area (Å²) in [6.07, 6.45) is 0. The van der Waals surface area contributed by atoms with E-state index in [0.29, 0.717) is 0 Å². The molecule has 0 saturated carbocycles. The zero-order chi connectivity index (χ0) is 36.6. The first-order chi connectivity index (χ1) is 27.2. The predicted octanol–water partition coefficient (Wildman–Crippen LogP) is 14.1. The predicted molar refractivity (Wildman–Crippen MR) is 231 cm³/mol. The number of aromatic nitrogens is 2. The number of anilines is 3. The highest BCUT2D eigenvalue weighted by atomic mass is 15.1. The Hall–Kier alpha value is -7.36. The van der Waals surface area contributed by atoms with Gasteiger partial charge in [0.15, 0.2) is 0 Å². The first-order valence-electron chi connectivity index (χ1n) is 18.7. The van der Waals surface area contributed by atoms with Crippen LogP contribution < -0.4 is 4.90 Å². The summed E-state index contributed by atoms with van der Waals surface area (Å²) in [5.41, 5.74) is 13.7. The molecule has 9 aromatic carbocycles. The van der Waals surface area contributed by atoms with Crippen LogP contribution >= 0.6 is 0 Å². The molecule has 55 heavy (non-hydrogen) atoms. The summed E-state index contributed by atoms with van der Waals surface area (Å²) in [5.74, 6) is 0. The smallest absolute Gasteiger partial charge is 0.0973 e. The van der Waals surface area contributed by atoms with Crippen LogP contribution in [-0.4, -0.2) is 9.97 Å². The molecule has 1 aromatic heterocycles. The monoisotopic (exact) mass is 701 g/mol. The minimum Gasteiger partial charge on any atom is -0.310 e. The maximum absolute atomic E-state index is 5.31. The summed E-state index contributed by atoms with van der Waals surface area (Å²) in [5, 5.41) is 4.65. The van der Waals surface area contributed by atoms with Crippen LogP contribution in [0.2, 0.25) is 0 Å². The Morgan fingerprint density at radius 3 is 1.40 bits per heavy atom. The van der Waals surface area contributed by atoms with Gasteiger partial charge in [0.2, 0.25) is 0 Å². The third-order valence-corrected chi connectivity index (χ3v) is 10.4. The summed E-state index contributed by atoms with van der Waals surface area (Å²) in [6.45, 7) is 0. The first kappa shape index (κ1) is 32.3. The van der Waals surface area contributed by atoms with Gasteiger partial charge >= 0.3 is 0 Å². The zero-order valence-electron chi connectivity index (χ0n) is 30.0. The molecule has 0 unspecified atom stereocenters. The van der Waals surface area contributed by atoms with Crippen molar-refractivity contribution in [2.75, 3.05) is 4.90 Å². The Bertz CT molecular complexity index is 2940. The van der Waals surface area contributed by atoms with E-state index in [1.165, 1.54) is 21.9 Å². The van der Waals surface area contributed by atoms with E-state index in [0.717, 1.165) is 72.5 Å². The maximum atomic E-state index is 5.31. The molecule has 258 valence electrons. The van der Waals surface area contributed by atoms with Gasteiger partial charge in [0, 0.05) is 33.6 Å². The minimum atomic E-state index is 0.883. The Kier molecular flexibility index (Phi) is 8.16. The van der Waals surface area contributed by atoms with Gasteiger partial charge in [-0.05, 0) is 86.9 Å².